The minimum Gasteiger partial charge on any atom is -0.497 e. The summed E-state index contributed by atoms with van der Waals surface area (Å²) in [7, 11) is 1.60. The van der Waals surface area contributed by atoms with Crippen LogP contribution in [-0.4, -0.2) is 38.2 Å². The smallest absolute Gasteiger partial charge is 0.336 e. The Bertz CT molecular complexity index is 1210. The van der Waals surface area contributed by atoms with Gasteiger partial charge < -0.3 is 19.5 Å². The molecule has 5 rings (SSSR count). The highest BCUT2D eigenvalue weighted by Crippen LogP contribution is 2.46. The zero-order chi connectivity index (χ0) is 25.2. The molecule has 7 heteroatoms. The Morgan fingerprint density at radius 1 is 1.08 bits per heavy atom. The number of carbonyl (C=O) groups excluding carboxylic acids is 2. The van der Waals surface area contributed by atoms with Crippen LogP contribution in [0.3, 0.4) is 0 Å². The number of dihydropyridines is 1. The second kappa shape index (κ2) is 10.3. The van der Waals surface area contributed by atoms with Gasteiger partial charge in [0.15, 0.2) is 5.78 Å². The lowest BCUT2D eigenvalue weighted by atomic mass is 9.71. The molecule has 1 aliphatic carbocycles. The van der Waals surface area contributed by atoms with E-state index in [0.717, 1.165) is 29.7 Å². The normalized spacial score (nSPS) is 23.9. The maximum Gasteiger partial charge on any atom is 0.336 e. The molecule has 0 spiro atoms. The molecule has 188 valence electrons. The number of halogens is 1. The zero-order valence-electron chi connectivity index (χ0n) is 20.5. The average Bonchev–Trinajstić information content (AvgIpc) is 3.40. The van der Waals surface area contributed by atoms with Crippen LogP contribution in [0.5, 0.6) is 5.75 Å². The summed E-state index contributed by atoms with van der Waals surface area (Å²) in [5.41, 5.74) is 4.23. The van der Waals surface area contributed by atoms with Crippen LogP contribution in [0.4, 0.5) is 4.39 Å². The first-order valence-corrected chi connectivity index (χ1v) is 12.4. The number of benzene rings is 2. The molecule has 1 saturated heterocycles. The van der Waals surface area contributed by atoms with Gasteiger partial charge in [0.25, 0.3) is 0 Å². The third kappa shape index (κ3) is 4.80. The monoisotopic (exact) mass is 491 g/mol. The molecule has 2 aromatic carbocycles. The van der Waals surface area contributed by atoms with Gasteiger partial charge in [-0.3, -0.25) is 4.79 Å². The van der Waals surface area contributed by atoms with Gasteiger partial charge in [0.1, 0.15) is 18.2 Å². The molecule has 0 unspecified atom stereocenters. The van der Waals surface area contributed by atoms with Gasteiger partial charge in [0.05, 0.1) is 18.8 Å². The van der Waals surface area contributed by atoms with E-state index in [4.69, 9.17) is 14.2 Å². The van der Waals surface area contributed by atoms with Gasteiger partial charge in [0, 0.05) is 35.9 Å². The Labute approximate surface area is 210 Å². The summed E-state index contributed by atoms with van der Waals surface area (Å²) >= 11 is 0. The molecule has 0 aromatic heterocycles. The van der Waals surface area contributed by atoms with Crippen molar-refractivity contribution < 1.29 is 28.2 Å². The number of ether oxygens (including phenoxy) is 3. The topological polar surface area (TPSA) is 73.9 Å². The summed E-state index contributed by atoms with van der Waals surface area (Å²) in [6.07, 6.45) is 2.61. The van der Waals surface area contributed by atoms with Crippen LogP contribution in [0.1, 0.15) is 55.6 Å². The van der Waals surface area contributed by atoms with Gasteiger partial charge >= 0.3 is 5.97 Å². The summed E-state index contributed by atoms with van der Waals surface area (Å²) in [6, 6.07) is 13.8. The van der Waals surface area contributed by atoms with E-state index in [1.54, 1.807) is 19.2 Å². The van der Waals surface area contributed by atoms with Gasteiger partial charge in [-0.1, -0.05) is 24.3 Å². The number of allylic oxidation sites excluding steroid dienone is 3. The highest BCUT2D eigenvalue weighted by molar-refractivity contribution is 6.04. The molecular formula is C29H30FNO5. The van der Waals surface area contributed by atoms with Crippen molar-refractivity contribution in [1.29, 1.82) is 0 Å². The largest absolute Gasteiger partial charge is 0.497 e. The van der Waals surface area contributed by atoms with Crippen molar-refractivity contribution in [2.24, 2.45) is 0 Å². The number of rotatable bonds is 6. The Balaban J connectivity index is 1.49. The third-order valence-corrected chi connectivity index (χ3v) is 7.26. The van der Waals surface area contributed by atoms with Gasteiger partial charge in [0.2, 0.25) is 0 Å². The van der Waals surface area contributed by atoms with Crippen molar-refractivity contribution in [2.75, 3.05) is 20.3 Å². The predicted octanol–water partition coefficient (Wildman–Crippen LogP) is 4.92. The minimum absolute atomic E-state index is 0.0316. The summed E-state index contributed by atoms with van der Waals surface area (Å²) < 4.78 is 30.1. The first-order chi connectivity index (χ1) is 17.4. The van der Waals surface area contributed by atoms with Crippen LogP contribution in [0.15, 0.2) is 71.1 Å². The quantitative estimate of drug-likeness (QED) is 0.579. The summed E-state index contributed by atoms with van der Waals surface area (Å²) in [6.45, 7) is 2.71. The Morgan fingerprint density at radius 2 is 1.81 bits per heavy atom. The van der Waals surface area contributed by atoms with Crippen LogP contribution in [0.2, 0.25) is 0 Å². The van der Waals surface area contributed by atoms with E-state index in [-0.39, 0.29) is 36.7 Å². The van der Waals surface area contributed by atoms with Gasteiger partial charge in [-0.15, -0.1) is 0 Å². The van der Waals surface area contributed by atoms with E-state index in [9.17, 15) is 14.0 Å². The van der Waals surface area contributed by atoms with Crippen LogP contribution < -0.4 is 10.1 Å². The van der Waals surface area contributed by atoms with Crippen LogP contribution in [0.25, 0.3) is 0 Å². The molecule has 0 bridgehead atoms. The standard InChI is InChI=1S/C29H30FNO5/c1-17-26(29(33)36-16-23-4-3-13-35-23)27(19-7-11-22(34-2)12-8-19)28-24(31-17)14-20(15-25(28)32)18-5-9-21(30)10-6-18/h5-12,20,23,27,31H,3-4,13-16H2,1-2H3/t20-,23-,27-/m1/s1. The molecule has 1 N–H and O–H groups in total. The molecule has 2 heterocycles. The first kappa shape index (κ1) is 24.3. The van der Waals surface area contributed by atoms with Gasteiger partial charge in [-0.25, -0.2) is 9.18 Å². The van der Waals surface area contributed by atoms with Crippen molar-refractivity contribution in [3.8, 4) is 5.75 Å². The predicted molar refractivity (Wildman–Crippen MR) is 132 cm³/mol. The van der Waals surface area contributed by atoms with Crippen LogP contribution in [-0.2, 0) is 19.1 Å². The molecule has 3 atom stereocenters. The Kier molecular flexibility index (Phi) is 6.92. The fourth-order valence-electron chi connectivity index (χ4n) is 5.43. The molecule has 2 aromatic rings. The van der Waals surface area contributed by atoms with Crippen molar-refractivity contribution in [3.05, 3.63) is 88.0 Å². The molecule has 36 heavy (non-hydrogen) atoms. The number of hydrogen-bond acceptors (Lipinski definition) is 6. The first-order valence-electron chi connectivity index (χ1n) is 12.4. The summed E-state index contributed by atoms with van der Waals surface area (Å²) in [4.78, 5) is 27.0. The lowest BCUT2D eigenvalue weighted by molar-refractivity contribution is -0.142. The second-order valence-electron chi connectivity index (χ2n) is 9.58. The molecule has 3 aliphatic rings. The average molecular weight is 492 g/mol. The SMILES string of the molecule is COc1ccc([C@@H]2C(C(=O)OC[C@H]3CCCO3)=C(C)NC3=C2C(=O)C[C@H](c2ccc(F)cc2)C3)cc1. The van der Waals surface area contributed by atoms with E-state index >= 15 is 0 Å². The van der Waals surface area contributed by atoms with E-state index < -0.39 is 11.9 Å². The fraction of sp³-hybridized carbons (Fsp3) is 0.379. The van der Waals surface area contributed by atoms with Crippen LogP contribution >= 0.6 is 0 Å². The fourth-order valence-corrected chi connectivity index (χ4v) is 5.43. The maximum absolute atomic E-state index is 13.6. The van der Waals surface area contributed by atoms with E-state index in [1.807, 2.05) is 31.2 Å². The number of Topliss-reactive ketones (excluding diaryl/α,β-unsaturated/α-hetero) is 1. The minimum atomic E-state index is -0.550. The van der Waals surface area contributed by atoms with Crippen molar-refractivity contribution in [3.63, 3.8) is 0 Å². The highest BCUT2D eigenvalue weighted by atomic mass is 19.1. The van der Waals surface area contributed by atoms with E-state index in [1.165, 1.54) is 12.1 Å². The maximum atomic E-state index is 13.6. The molecule has 0 saturated carbocycles. The second-order valence-corrected chi connectivity index (χ2v) is 9.58. The molecule has 0 amide bonds. The molecular weight excluding hydrogens is 461 g/mol. The lowest BCUT2D eigenvalue weighted by Crippen LogP contribution is -2.36. The number of methoxy groups -OCH3 is 1. The summed E-state index contributed by atoms with van der Waals surface area (Å²) in [5.74, 6) is -0.711. The third-order valence-electron chi connectivity index (χ3n) is 7.26. The number of carbonyl (C=O) groups is 2. The van der Waals surface area contributed by atoms with Crippen LogP contribution in [0, 0.1) is 5.82 Å². The van der Waals surface area contributed by atoms with Crippen molar-refractivity contribution in [1.82, 2.24) is 5.32 Å². The molecule has 0 radical (unpaired) electrons. The number of esters is 1. The number of ketones is 1. The van der Waals surface area contributed by atoms with E-state index in [2.05, 4.69) is 5.32 Å². The van der Waals surface area contributed by atoms with Gasteiger partial charge in [-0.2, -0.15) is 0 Å². The Morgan fingerprint density at radius 3 is 2.47 bits per heavy atom. The van der Waals surface area contributed by atoms with E-state index in [0.29, 0.717) is 35.6 Å². The number of nitrogens with one attached hydrogen (secondary N) is 1. The molecule has 6 nitrogen and oxygen atoms in total. The van der Waals surface area contributed by atoms with Gasteiger partial charge in [-0.05, 0) is 67.5 Å². The van der Waals surface area contributed by atoms with Crippen molar-refractivity contribution >= 4 is 11.8 Å². The Hall–Kier alpha value is -3.45. The molecule has 1 fully saturated rings. The zero-order valence-corrected chi connectivity index (χ0v) is 20.5. The summed E-state index contributed by atoms with van der Waals surface area (Å²) in [5, 5.41) is 3.35. The molecule has 2 aliphatic heterocycles. The lowest BCUT2D eigenvalue weighted by Gasteiger charge is -2.36. The highest BCUT2D eigenvalue weighted by Gasteiger charge is 2.41. The van der Waals surface area contributed by atoms with Crippen molar-refractivity contribution in [2.45, 2.75) is 50.5 Å². The number of hydrogen-bond donors (Lipinski definition) is 1.